The molecule has 1 aromatic rings. The van der Waals surface area contributed by atoms with E-state index in [9.17, 15) is 5.11 Å². The average Bonchev–Trinajstić information content (AvgIpc) is 2.50. The average molecular weight is 316 g/mol. The summed E-state index contributed by atoms with van der Waals surface area (Å²) in [6.07, 6.45) is 4.09. The standard InChI is InChI=1S/C21H32O2/c1-13(2)19-14-7-10-17-20(3,4)18(22)11-12-21(17,5)15(14)8-9-16(19)23-6/h8-9,13,17-18,22H,7,10-12H2,1-6H3/t17-,18-,21+/m0/s1. The Labute approximate surface area is 141 Å². The summed E-state index contributed by atoms with van der Waals surface area (Å²) >= 11 is 0. The second kappa shape index (κ2) is 5.51. The van der Waals surface area contributed by atoms with Gasteiger partial charge in [-0.05, 0) is 65.5 Å². The zero-order chi connectivity index (χ0) is 17.0. The van der Waals surface area contributed by atoms with Crippen LogP contribution in [0.25, 0.3) is 0 Å². The van der Waals surface area contributed by atoms with E-state index in [1.165, 1.54) is 23.1 Å². The number of hydrogen-bond donors (Lipinski definition) is 1. The fourth-order valence-corrected chi connectivity index (χ4v) is 5.60. The van der Waals surface area contributed by atoms with E-state index in [-0.39, 0.29) is 16.9 Å². The van der Waals surface area contributed by atoms with Gasteiger partial charge in [-0.3, -0.25) is 0 Å². The van der Waals surface area contributed by atoms with E-state index in [2.05, 4.69) is 46.8 Å². The highest BCUT2D eigenvalue weighted by molar-refractivity contribution is 5.51. The fourth-order valence-electron chi connectivity index (χ4n) is 5.60. The second-order valence-corrected chi connectivity index (χ2v) is 8.75. The highest BCUT2D eigenvalue weighted by Gasteiger charge is 2.53. The highest BCUT2D eigenvalue weighted by atomic mass is 16.5. The largest absolute Gasteiger partial charge is 0.496 e. The minimum Gasteiger partial charge on any atom is -0.496 e. The van der Waals surface area contributed by atoms with Gasteiger partial charge in [0, 0.05) is 5.56 Å². The first-order valence-corrected chi connectivity index (χ1v) is 9.11. The first-order chi connectivity index (χ1) is 10.7. The Morgan fingerprint density at radius 1 is 1.17 bits per heavy atom. The smallest absolute Gasteiger partial charge is 0.122 e. The number of benzene rings is 1. The lowest BCUT2D eigenvalue weighted by molar-refractivity contribution is -0.0731. The van der Waals surface area contributed by atoms with Crippen molar-refractivity contribution in [3.8, 4) is 5.75 Å². The molecule has 0 heterocycles. The molecular weight excluding hydrogens is 284 g/mol. The van der Waals surface area contributed by atoms with Gasteiger partial charge in [-0.2, -0.15) is 0 Å². The Hall–Kier alpha value is -1.02. The maximum Gasteiger partial charge on any atom is 0.122 e. The van der Waals surface area contributed by atoms with Crippen LogP contribution in [0.4, 0.5) is 0 Å². The summed E-state index contributed by atoms with van der Waals surface area (Å²) in [4.78, 5) is 0. The molecule has 2 nitrogen and oxygen atoms in total. The topological polar surface area (TPSA) is 29.5 Å². The molecule has 1 saturated carbocycles. The number of aliphatic hydroxyl groups excluding tert-OH is 1. The van der Waals surface area contributed by atoms with E-state index in [1.807, 2.05) is 0 Å². The molecule has 128 valence electrons. The number of fused-ring (bicyclic) bond motifs is 3. The van der Waals surface area contributed by atoms with Crippen LogP contribution in [0, 0.1) is 11.3 Å². The molecule has 3 atom stereocenters. The first-order valence-electron chi connectivity index (χ1n) is 9.11. The molecular formula is C21H32O2. The lowest BCUT2D eigenvalue weighted by atomic mass is 9.49. The van der Waals surface area contributed by atoms with E-state index in [0.29, 0.717) is 11.8 Å². The van der Waals surface area contributed by atoms with Crippen molar-refractivity contribution in [2.24, 2.45) is 11.3 Å². The SMILES string of the molecule is COc1ccc2c(c1C(C)C)CC[C@H]1C(C)(C)[C@@H](O)CC[C@]21C. The number of hydrogen-bond acceptors (Lipinski definition) is 2. The lowest BCUT2D eigenvalue weighted by Crippen LogP contribution is -2.54. The fraction of sp³-hybridized carbons (Fsp3) is 0.714. The van der Waals surface area contributed by atoms with Crippen molar-refractivity contribution in [1.29, 1.82) is 0 Å². The Morgan fingerprint density at radius 3 is 2.48 bits per heavy atom. The van der Waals surface area contributed by atoms with Crippen molar-refractivity contribution in [3.05, 3.63) is 28.8 Å². The maximum absolute atomic E-state index is 10.5. The Morgan fingerprint density at radius 2 is 1.87 bits per heavy atom. The third kappa shape index (κ3) is 2.33. The Kier molecular flexibility index (Phi) is 4.03. The number of ether oxygens (including phenoxy) is 1. The summed E-state index contributed by atoms with van der Waals surface area (Å²) in [5.74, 6) is 2.05. The van der Waals surface area contributed by atoms with E-state index < -0.39 is 0 Å². The van der Waals surface area contributed by atoms with E-state index in [4.69, 9.17) is 4.74 Å². The van der Waals surface area contributed by atoms with E-state index in [0.717, 1.165) is 25.0 Å². The molecule has 2 aliphatic rings. The van der Waals surface area contributed by atoms with Gasteiger partial charge in [0.15, 0.2) is 0 Å². The van der Waals surface area contributed by atoms with Gasteiger partial charge >= 0.3 is 0 Å². The molecule has 0 amide bonds. The van der Waals surface area contributed by atoms with Crippen molar-refractivity contribution < 1.29 is 9.84 Å². The summed E-state index contributed by atoms with van der Waals surface area (Å²) in [5.41, 5.74) is 4.59. The molecule has 0 saturated heterocycles. The first kappa shape index (κ1) is 16.8. The predicted molar refractivity (Wildman–Crippen MR) is 95.3 cm³/mol. The van der Waals surface area contributed by atoms with Crippen molar-refractivity contribution in [2.45, 2.75) is 77.7 Å². The maximum atomic E-state index is 10.5. The van der Waals surface area contributed by atoms with Gasteiger partial charge in [-0.25, -0.2) is 0 Å². The molecule has 0 aromatic heterocycles. The number of methoxy groups -OCH3 is 1. The van der Waals surface area contributed by atoms with Crippen LogP contribution < -0.4 is 4.74 Å². The normalized spacial score (nSPS) is 32.3. The van der Waals surface area contributed by atoms with Gasteiger partial charge in [0.2, 0.25) is 0 Å². The summed E-state index contributed by atoms with van der Waals surface area (Å²) in [6, 6.07) is 4.47. The molecule has 0 spiro atoms. The molecule has 0 unspecified atom stereocenters. The minimum absolute atomic E-state index is 0.0113. The molecule has 23 heavy (non-hydrogen) atoms. The van der Waals surface area contributed by atoms with Crippen LogP contribution in [0.1, 0.15) is 76.5 Å². The Bertz CT molecular complexity index is 602. The van der Waals surface area contributed by atoms with Crippen LogP contribution in [-0.2, 0) is 11.8 Å². The van der Waals surface area contributed by atoms with Crippen LogP contribution >= 0.6 is 0 Å². The summed E-state index contributed by atoms with van der Waals surface area (Å²) in [7, 11) is 1.78. The third-order valence-electron chi connectivity index (χ3n) is 6.88. The van der Waals surface area contributed by atoms with E-state index in [1.54, 1.807) is 7.11 Å². The molecule has 1 N–H and O–H groups in total. The zero-order valence-corrected chi connectivity index (χ0v) is 15.6. The van der Waals surface area contributed by atoms with Crippen LogP contribution in [0.5, 0.6) is 5.75 Å². The van der Waals surface area contributed by atoms with Crippen LogP contribution in [0.3, 0.4) is 0 Å². The summed E-state index contributed by atoms with van der Waals surface area (Å²) in [5, 5.41) is 10.5. The van der Waals surface area contributed by atoms with Crippen molar-refractivity contribution >= 4 is 0 Å². The van der Waals surface area contributed by atoms with Gasteiger partial charge in [0.25, 0.3) is 0 Å². The summed E-state index contributed by atoms with van der Waals surface area (Å²) in [6.45, 7) is 11.5. The second-order valence-electron chi connectivity index (χ2n) is 8.75. The zero-order valence-electron chi connectivity index (χ0n) is 15.6. The van der Waals surface area contributed by atoms with Gasteiger partial charge in [0.05, 0.1) is 13.2 Å². The molecule has 3 rings (SSSR count). The molecule has 0 radical (unpaired) electrons. The van der Waals surface area contributed by atoms with Crippen molar-refractivity contribution in [3.63, 3.8) is 0 Å². The molecule has 2 aliphatic carbocycles. The third-order valence-corrected chi connectivity index (χ3v) is 6.88. The van der Waals surface area contributed by atoms with Crippen molar-refractivity contribution in [1.82, 2.24) is 0 Å². The number of aliphatic hydroxyl groups is 1. The Balaban J connectivity index is 2.16. The van der Waals surface area contributed by atoms with E-state index >= 15 is 0 Å². The van der Waals surface area contributed by atoms with Crippen molar-refractivity contribution in [2.75, 3.05) is 7.11 Å². The van der Waals surface area contributed by atoms with Gasteiger partial charge in [-0.15, -0.1) is 0 Å². The molecule has 1 fully saturated rings. The van der Waals surface area contributed by atoms with Crippen LogP contribution in [0.2, 0.25) is 0 Å². The van der Waals surface area contributed by atoms with Crippen LogP contribution in [-0.4, -0.2) is 18.3 Å². The molecule has 0 aliphatic heterocycles. The quantitative estimate of drug-likeness (QED) is 0.847. The van der Waals surface area contributed by atoms with Crippen LogP contribution in [0.15, 0.2) is 12.1 Å². The van der Waals surface area contributed by atoms with Gasteiger partial charge in [-0.1, -0.05) is 40.7 Å². The van der Waals surface area contributed by atoms with Gasteiger partial charge < -0.3 is 9.84 Å². The monoisotopic (exact) mass is 316 g/mol. The molecule has 1 aromatic carbocycles. The minimum atomic E-state index is -0.176. The predicted octanol–water partition coefficient (Wildman–Crippen LogP) is 4.82. The van der Waals surface area contributed by atoms with Gasteiger partial charge in [0.1, 0.15) is 5.75 Å². The highest BCUT2D eigenvalue weighted by Crippen LogP contribution is 2.58. The molecule has 0 bridgehead atoms. The lowest BCUT2D eigenvalue weighted by Gasteiger charge is -2.56. The summed E-state index contributed by atoms with van der Waals surface area (Å²) < 4.78 is 5.66. The number of rotatable bonds is 2. The molecule has 2 heteroatoms.